The molecule has 2 N–H and O–H groups in total. The van der Waals surface area contributed by atoms with E-state index in [1.54, 1.807) is 9.42 Å². The SMILES string of the molecule is CCCS(=O)(=O)NC1CCN(C(=O)Cc2c(C)nc3cc(=O)[nH]n3c2C)CC1. The van der Waals surface area contributed by atoms with Crippen LogP contribution in [0.2, 0.25) is 0 Å². The molecule has 2 aromatic heterocycles. The average molecular weight is 410 g/mol. The molecule has 2 aromatic rings. The number of hydrogen-bond acceptors (Lipinski definition) is 5. The lowest BCUT2D eigenvalue weighted by Gasteiger charge is -2.32. The highest BCUT2D eigenvalue weighted by atomic mass is 32.2. The summed E-state index contributed by atoms with van der Waals surface area (Å²) in [4.78, 5) is 30.5. The van der Waals surface area contributed by atoms with E-state index in [1.165, 1.54) is 6.07 Å². The lowest BCUT2D eigenvalue weighted by molar-refractivity contribution is -0.131. The standard InChI is InChI=1S/C18H27N5O4S/c1-4-9-28(26,27)21-14-5-7-22(8-6-14)18(25)10-15-12(2)19-16-11-17(24)20-23(16)13(15)3/h11,14,21H,4-10H2,1-3H3,(H,20,24). The smallest absolute Gasteiger partial charge is 0.266 e. The number of fused-ring (bicyclic) bond motifs is 1. The zero-order chi connectivity index (χ0) is 20.5. The third kappa shape index (κ3) is 4.44. The van der Waals surface area contributed by atoms with Gasteiger partial charge in [0.25, 0.3) is 5.56 Å². The van der Waals surface area contributed by atoms with E-state index in [0.29, 0.717) is 38.0 Å². The molecule has 1 saturated heterocycles. The monoisotopic (exact) mass is 409 g/mol. The number of aryl methyl sites for hydroxylation is 2. The average Bonchev–Trinajstić information content (AvgIpc) is 2.99. The number of nitrogens with one attached hydrogen (secondary N) is 2. The Bertz CT molecular complexity index is 1030. The fourth-order valence-corrected chi connectivity index (χ4v) is 5.10. The molecule has 3 heterocycles. The van der Waals surface area contributed by atoms with Crippen LogP contribution >= 0.6 is 0 Å². The molecule has 9 nitrogen and oxygen atoms in total. The van der Waals surface area contributed by atoms with Gasteiger partial charge in [-0.3, -0.25) is 14.7 Å². The summed E-state index contributed by atoms with van der Waals surface area (Å²) in [6.07, 6.45) is 1.99. The van der Waals surface area contributed by atoms with Gasteiger partial charge in [-0.05, 0) is 33.1 Å². The van der Waals surface area contributed by atoms with Crippen LogP contribution in [-0.4, -0.2) is 58.7 Å². The maximum absolute atomic E-state index is 12.8. The number of nitrogens with zero attached hydrogens (tertiary/aromatic N) is 3. The lowest BCUT2D eigenvalue weighted by atomic mass is 10.0. The number of likely N-dealkylation sites (tertiary alicyclic amines) is 1. The number of carbonyl (C=O) groups excluding carboxylic acids is 1. The van der Waals surface area contributed by atoms with Crippen LogP contribution in [0.25, 0.3) is 5.65 Å². The number of sulfonamides is 1. The number of H-pyrrole nitrogens is 1. The quantitative estimate of drug-likeness (QED) is 0.721. The van der Waals surface area contributed by atoms with Crippen molar-refractivity contribution in [2.24, 2.45) is 0 Å². The molecule has 1 aliphatic rings. The first-order valence-electron chi connectivity index (χ1n) is 9.56. The van der Waals surface area contributed by atoms with E-state index in [9.17, 15) is 18.0 Å². The van der Waals surface area contributed by atoms with Crippen molar-refractivity contribution >= 4 is 21.6 Å². The van der Waals surface area contributed by atoms with E-state index in [4.69, 9.17) is 0 Å². The summed E-state index contributed by atoms with van der Waals surface area (Å²) in [7, 11) is -3.24. The highest BCUT2D eigenvalue weighted by Gasteiger charge is 2.26. The minimum Gasteiger partial charge on any atom is -0.342 e. The van der Waals surface area contributed by atoms with Crippen LogP contribution < -0.4 is 10.3 Å². The highest BCUT2D eigenvalue weighted by molar-refractivity contribution is 7.89. The van der Waals surface area contributed by atoms with Gasteiger partial charge in [-0.2, -0.15) is 0 Å². The van der Waals surface area contributed by atoms with Crippen molar-refractivity contribution in [1.29, 1.82) is 0 Å². The summed E-state index contributed by atoms with van der Waals surface area (Å²) in [5.41, 5.74) is 2.63. The Kier molecular flexibility index (Phi) is 5.90. The van der Waals surface area contributed by atoms with E-state index in [-0.39, 0.29) is 29.7 Å². The second kappa shape index (κ2) is 8.04. The van der Waals surface area contributed by atoms with Crippen molar-refractivity contribution in [1.82, 2.24) is 24.2 Å². The summed E-state index contributed by atoms with van der Waals surface area (Å²) >= 11 is 0. The minimum absolute atomic E-state index is 0.0169. The van der Waals surface area contributed by atoms with E-state index in [0.717, 1.165) is 17.0 Å². The number of carbonyl (C=O) groups is 1. The number of amides is 1. The predicted molar refractivity (Wildman–Crippen MR) is 106 cm³/mol. The molecule has 0 saturated carbocycles. The van der Waals surface area contributed by atoms with Gasteiger partial charge in [-0.1, -0.05) is 6.92 Å². The Morgan fingerprint density at radius 3 is 2.64 bits per heavy atom. The molecule has 1 fully saturated rings. The molecule has 154 valence electrons. The third-order valence-electron chi connectivity index (χ3n) is 5.20. The van der Waals surface area contributed by atoms with Crippen molar-refractivity contribution in [2.75, 3.05) is 18.8 Å². The summed E-state index contributed by atoms with van der Waals surface area (Å²) < 4.78 is 28.2. The normalized spacial score (nSPS) is 16.0. The number of aromatic amines is 1. The molecule has 3 rings (SSSR count). The minimum atomic E-state index is -3.24. The number of hydrogen-bond donors (Lipinski definition) is 2. The fourth-order valence-electron chi connectivity index (χ4n) is 3.70. The molecule has 0 bridgehead atoms. The maximum Gasteiger partial charge on any atom is 0.266 e. The highest BCUT2D eigenvalue weighted by Crippen LogP contribution is 2.17. The third-order valence-corrected chi connectivity index (χ3v) is 6.84. The van der Waals surface area contributed by atoms with E-state index in [1.807, 2.05) is 20.8 Å². The van der Waals surface area contributed by atoms with Gasteiger partial charge < -0.3 is 4.90 Å². The molecule has 10 heteroatoms. The Labute approximate surface area is 164 Å². The second-order valence-corrected chi connectivity index (χ2v) is 9.22. The first-order chi connectivity index (χ1) is 13.2. The first kappa shape index (κ1) is 20.5. The molecular formula is C18H27N5O4S. The fraction of sp³-hybridized carbons (Fsp3) is 0.611. The Morgan fingerprint density at radius 1 is 1.32 bits per heavy atom. The van der Waals surface area contributed by atoms with Crippen LogP contribution in [-0.2, 0) is 21.2 Å². The van der Waals surface area contributed by atoms with Crippen LogP contribution in [0, 0.1) is 13.8 Å². The number of aromatic nitrogens is 3. The molecule has 0 aromatic carbocycles. The van der Waals surface area contributed by atoms with Gasteiger partial charge in [0.1, 0.15) is 0 Å². The molecule has 0 unspecified atom stereocenters. The summed E-state index contributed by atoms with van der Waals surface area (Å²) in [6.45, 7) is 6.56. The summed E-state index contributed by atoms with van der Waals surface area (Å²) in [6, 6.07) is 1.31. The van der Waals surface area contributed by atoms with Gasteiger partial charge in [-0.15, -0.1) is 0 Å². The molecule has 0 atom stereocenters. The topological polar surface area (TPSA) is 117 Å². The van der Waals surface area contributed by atoms with Gasteiger partial charge in [0.15, 0.2) is 5.65 Å². The molecular weight excluding hydrogens is 382 g/mol. The summed E-state index contributed by atoms with van der Waals surface area (Å²) in [5.74, 6) is 0.110. The van der Waals surface area contributed by atoms with Crippen molar-refractivity contribution < 1.29 is 13.2 Å². The van der Waals surface area contributed by atoms with Crippen LogP contribution in [0.1, 0.15) is 43.1 Å². The Morgan fingerprint density at radius 2 is 2.00 bits per heavy atom. The molecule has 1 amide bonds. The van der Waals surface area contributed by atoms with Crippen LogP contribution in [0.3, 0.4) is 0 Å². The predicted octanol–water partition coefficient (Wildman–Crippen LogP) is 0.502. The van der Waals surface area contributed by atoms with Crippen molar-refractivity contribution in [2.45, 2.75) is 52.5 Å². The van der Waals surface area contributed by atoms with Crippen LogP contribution in [0.15, 0.2) is 10.9 Å². The van der Waals surface area contributed by atoms with Crippen molar-refractivity contribution in [3.63, 3.8) is 0 Å². The first-order valence-corrected chi connectivity index (χ1v) is 11.2. The Balaban J connectivity index is 1.65. The molecule has 0 aliphatic carbocycles. The van der Waals surface area contributed by atoms with E-state index in [2.05, 4.69) is 14.8 Å². The van der Waals surface area contributed by atoms with Gasteiger partial charge in [0.05, 0.1) is 12.2 Å². The van der Waals surface area contributed by atoms with Crippen LogP contribution in [0.5, 0.6) is 0 Å². The van der Waals surface area contributed by atoms with E-state index < -0.39 is 10.0 Å². The van der Waals surface area contributed by atoms with Gasteiger partial charge in [0, 0.05) is 42.1 Å². The number of piperidine rings is 1. The molecule has 0 spiro atoms. The Hall–Kier alpha value is -2.20. The molecule has 1 aliphatic heterocycles. The van der Waals surface area contributed by atoms with Gasteiger partial charge in [-0.25, -0.2) is 22.6 Å². The van der Waals surface area contributed by atoms with E-state index >= 15 is 0 Å². The largest absolute Gasteiger partial charge is 0.342 e. The zero-order valence-corrected chi connectivity index (χ0v) is 17.3. The zero-order valence-electron chi connectivity index (χ0n) is 16.5. The van der Waals surface area contributed by atoms with Crippen LogP contribution in [0.4, 0.5) is 0 Å². The van der Waals surface area contributed by atoms with Crippen molar-refractivity contribution in [3.8, 4) is 0 Å². The lowest BCUT2D eigenvalue weighted by Crippen LogP contribution is -2.47. The maximum atomic E-state index is 12.8. The van der Waals surface area contributed by atoms with Gasteiger partial charge in [0.2, 0.25) is 15.9 Å². The second-order valence-electron chi connectivity index (χ2n) is 7.34. The molecule has 28 heavy (non-hydrogen) atoms. The van der Waals surface area contributed by atoms with Crippen molar-refractivity contribution in [3.05, 3.63) is 33.4 Å². The number of rotatable bonds is 6. The molecule has 0 radical (unpaired) electrons. The summed E-state index contributed by atoms with van der Waals surface area (Å²) in [5, 5.41) is 2.69. The van der Waals surface area contributed by atoms with Gasteiger partial charge >= 0.3 is 0 Å².